The summed E-state index contributed by atoms with van der Waals surface area (Å²) in [6, 6.07) is 3.71. The molecule has 0 saturated carbocycles. The second-order valence-corrected chi connectivity index (χ2v) is 5.93. The molecule has 6 heteroatoms. The molecule has 1 N–H and O–H groups in total. The number of aromatic carboxylic acids is 1. The van der Waals surface area contributed by atoms with Gasteiger partial charge in [-0.3, -0.25) is 0 Å². The summed E-state index contributed by atoms with van der Waals surface area (Å²) in [6.07, 6.45) is 1.28. The molecular weight excluding hydrogens is 256 g/mol. The standard InChI is InChI=1S/C12H14O5S/c1-4-8(2)18(15,16)11-7-9(12(13)14)5-6-10(11)17-3/h4-8H,1H2,2-3H3,(H,13,14). The van der Waals surface area contributed by atoms with E-state index in [9.17, 15) is 13.2 Å². The fourth-order valence-corrected chi connectivity index (χ4v) is 2.74. The molecule has 1 rings (SSSR count). The zero-order chi connectivity index (χ0) is 13.9. The van der Waals surface area contributed by atoms with Crippen LogP contribution in [0, 0.1) is 0 Å². The van der Waals surface area contributed by atoms with Gasteiger partial charge in [0.05, 0.1) is 17.9 Å². The molecule has 0 bridgehead atoms. The highest BCUT2D eigenvalue weighted by molar-refractivity contribution is 7.92. The van der Waals surface area contributed by atoms with E-state index in [0.717, 1.165) is 6.07 Å². The lowest BCUT2D eigenvalue weighted by atomic mass is 10.2. The minimum atomic E-state index is -3.69. The van der Waals surface area contributed by atoms with Crippen LogP contribution in [0.4, 0.5) is 0 Å². The molecule has 0 radical (unpaired) electrons. The quantitative estimate of drug-likeness (QED) is 0.824. The minimum absolute atomic E-state index is 0.106. The average molecular weight is 270 g/mol. The molecular formula is C12H14O5S. The summed E-state index contributed by atoms with van der Waals surface area (Å²) < 4.78 is 29.3. The van der Waals surface area contributed by atoms with Crippen LogP contribution in [0.25, 0.3) is 0 Å². The van der Waals surface area contributed by atoms with Gasteiger partial charge >= 0.3 is 5.97 Å². The van der Waals surface area contributed by atoms with E-state index >= 15 is 0 Å². The Morgan fingerprint density at radius 1 is 1.50 bits per heavy atom. The molecule has 5 nitrogen and oxygen atoms in total. The van der Waals surface area contributed by atoms with Gasteiger partial charge in [-0.05, 0) is 25.1 Å². The summed E-state index contributed by atoms with van der Waals surface area (Å²) in [7, 11) is -2.37. The van der Waals surface area contributed by atoms with Gasteiger partial charge in [0, 0.05) is 0 Å². The van der Waals surface area contributed by atoms with E-state index in [-0.39, 0.29) is 16.2 Å². The van der Waals surface area contributed by atoms with Gasteiger partial charge in [-0.25, -0.2) is 13.2 Å². The maximum atomic E-state index is 12.2. The van der Waals surface area contributed by atoms with Gasteiger partial charge in [0.25, 0.3) is 0 Å². The van der Waals surface area contributed by atoms with Crippen LogP contribution in [0.5, 0.6) is 5.75 Å². The summed E-state index contributed by atoms with van der Waals surface area (Å²) >= 11 is 0. The first kappa shape index (κ1) is 14.2. The number of rotatable bonds is 5. The molecule has 1 aromatic carbocycles. The summed E-state index contributed by atoms with van der Waals surface area (Å²) in [5, 5.41) is 8.05. The molecule has 0 aliphatic rings. The van der Waals surface area contributed by atoms with Crippen LogP contribution < -0.4 is 4.74 Å². The lowest BCUT2D eigenvalue weighted by molar-refractivity contribution is 0.0696. The monoisotopic (exact) mass is 270 g/mol. The molecule has 0 fully saturated rings. The first-order valence-corrected chi connectivity index (χ1v) is 6.67. The molecule has 1 atom stereocenters. The first-order chi connectivity index (χ1) is 8.34. The van der Waals surface area contributed by atoms with E-state index in [1.165, 1.54) is 32.2 Å². The lowest BCUT2D eigenvalue weighted by Crippen LogP contribution is -2.16. The number of benzene rings is 1. The van der Waals surface area contributed by atoms with Crippen molar-refractivity contribution >= 4 is 15.8 Å². The summed E-state index contributed by atoms with van der Waals surface area (Å²) in [6.45, 7) is 4.90. The minimum Gasteiger partial charge on any atom is -0.495 e. The first-order valence-electron chi connectivity index (χ1n) is 5.12. The largest absolute Gasteiger partial charge is 0.495 e. The smallest absolute Gasteiger partial charge is 0.335 e. The molecule has 0 aliphatic carbocycles. The number of methoxy groups -OCH3 is 1. The highest BCUT2D eigenvalue weighted by atomic mass is 32.2. The molecule has 0 spiro atoms. The molecule has 18 heavy (non-hydrogen) atoms. The predicted octanol–water partition coefficient (Wildman–Crippen LogP) is 1.74. The third-order valence-corrected chi connectivity index (χ3v) is 4.64. The van der Waals surface area contributed by atoms with Gasteiger partial charge in [0.2, 0.25) is 0 Å². The van der Waals surface area contributed by atoms with E-state index in [1.54, 1.807) is 0 Å². The maximum Gasteiger partial charge on any atom is 0.335 e. The van der Waals surface area contributed by atoms with Gasteiger partial charge in [-0.15, -0.1) is 6.58 Å². The third kappa shape index (κ3) is 2.53. The molecule has 0 amide bonds. The number of sulfone groups is 1. The fraction of sp³-hybridized carbons (Fsp3) is 0.250. The van der Waals surface area contributed by atoms with E-state index in [4.69, 9.17) is 9.84 Å². The van der Waals surface area contributed by atoms with Gasteiger partial charge < -0.3 is 9.84 Å². The molecule has 1 aromatic rings. The Bertz CT molecular complexity index is 574. The van der Waals surface area contributed by atoms with Crippen molar-refractivity contribution in [1.82, 2.24) is 0 Å². The fourth-order valence-electron chi connectivity index (χ4n) is 1.36. The Morgan fingerprint density at radius 2 is 2.11 bits per heavy atom. The molecule has 98 valence electrons. The SMILES string of the molecule is C=CC(C)S(=O)(=O)c1cc(C(=O)O)ccc1OC. The van der Waals surface area contributed by atoms with Gasteiger partial charge in [-0.1, -0.05) is 6.08 Å². The second kappa shape index (κ2) is 5.22. The van der Waals surface area contributed by atoms with Gasteiger partial charge in [-0.2, -0.15) is 0 Å². The molecule has 1 unspecified atom stereocenters. The lowest BCUT2D eigenvalue weighted by Gasteiger charge is -2.13. The highest BCUT2D eigenvalue weighted by Gasteiger charge is 2.25. The Hall–Kier alpha value is -1.82. The number of carboxylic acids is 1. The van der Waals surface area contributed by atoms with Crippen molar-refractivity contribution in [2.75, 3.05) is 7.11 Å². The van der Waals surface area contributed by atoms with Gasteiger partial charge in [0.15, 0.2) is 9.84 Å². The van der Waals surface area contributed by atoms with E-state index in [1.807, 2.05) is 0 Å². The summed E-state index contributed by atoms with van der Waals surface area (Å²) in [5.74, 6) is -1.07. The second-order valence-electron chi connectivity index (χ2n) is 3.66. The van der Waals surface area contributed by atoms with E-state index < -0.39 is 21.1 Å². The van der Waals surface area contributed by atoms with Crippen molar-refractivity contribution in [3.05, 3.63) is 36.4 Å². The highest BCUT2D eigenvalue weighted by Crippen LogP contribution is 2.28. The zero-order valence-corrected chi connectivity index (χ0v) is 10.9. The summed E-state index contributed by atoms with van der Waals surface area (Å²) in [4.78, 5) is 10.7. The normalized spacial score (nSPS) is 12.8. The zero-order valence-electron chi connectivity index (χ0n) is 10.1. The number of carbonyl (C=O) groups is 1. The van der Waals surface area contributed by atoms with Crippen molar-refractivity contribution in [2.24, 2.45) is 0 Å². The van der Waals surface area contributed by atoms with Crippen LogP contribution in [-0.2, 0) is 9.84 Å². The number of carboxylic acid groups (broad SMARTS) is 1. The average Bonchev–Trinajstić information content (AvgIpc) is 2.36. The van der Waals surface area contributed by atoms with Crippen LogP contribution in [0.3, 0.4) is 0 Å². The third-order valence-electron chi connectivity index (χ3n) is 2.54. The Labute approximate surface area is 106 Å². The van der Waals surface area contributed by atoms with Crippen molar-refractivity contribution in [3.63, 3.8) is 0 Å². The number of ether oxygens (including phenoxy) is 1. The van der Waals surface area contributed by atoms with Crippen molar-refractivity contribution in [3.8, 4) is 5.75 Å². The Morgan fingerprint density at radius 3 is 2.56 bits per heavy atom. The number of hydrogen-bond donors (Lipinski definition) is 1. The van der Waals surface area contributed by atoms with Crippen molar-refractivity contribution < 1.29 is 23.1 Å². The van der Waals surface area contributed by atoms with Crippen LogP contribution >= 0.6 is 0 Å². The van der Waals surface area contributed by atoms with Crippen LogP contribution in [0.2, 0.25) is 0 Å². The topological polar surface area (TPSA) is 80.7 Å². The molecule has 0 aliphatic heterocycles. The molecule has 0 saturated heterocycles. The van der Waals surface area contributed by atoms with E-state index in [0.29, 0.717) is 0 Å². The summed E-state index contributed by atoms with van der Waals surface area (Å²) in [5.41, 5.74) is -0.106. The van der Waals surface area contributed by atoms with E-state index in [2.05, 4.69) is 6.58 Å². The maximum absolute atomic E-state index is 12.2. The van der Waals surface area contributed by atoms with Crippen LogP contribution in [0.15, 0.2) is 35.7 Å². The Kier molecular flexibility index (Phi) is 4.13. The predicted molar refractivity (Wildman–Crippen MR) is 66.8 cm³/mol. The van der Waals surface area contributed by atoms with Crippen LogP contribution in [-0.4, -0.2) is 31.9 Å². The van der Waals surface area contributed by atoms with Crippen LogP contribution in [0.1, 0.15) is 17.3 Å². The molecule has 0 aromatic heterocycles. The van der Waals surface area contributed by atoms with Crippen molar-refractivity contribution in [1.29, 1.82) is 0 Å². The number of hydrogen-bond acceptors (Lipinski definition) is 4. The Balaban J connectivity index is 3.50. The van der Waals surface area contributed by atoms with Gasteiger partial charge in [0.1, 0.15) is 10.6 Å². The van der Waals surface area contributed by atoms with Crippen molar-refractivity contribution in [2.45, 2.75) is 17.1 Å². The molecule has 0 heterocycles.